The van der Waals surface area contributed by atoms with Gasteiger partial charge in [0.25, 0.3) is 0 Å². The molecule has 1 aliphatic carbocycles. The Balaban J connectivity index is 2.32. The van der Waals surface area contributed by atoms with Crippen LogP contribution in [-0.4, -0.2) is 37.6 Å². The Morgan fingerprint density at radius 2 is 1.94 bits per heavy atom. The van der Waals surface area contributed by atoms with Gasteiger partial charge in [-0.3, -0.25) is 0 Å². The van der Waals surface area contributed by atoms with E-state index in [1.165, 1.54) is 32.1 Å². The lowest BCUT2D eigenvalue weighted by Crippen LogP contribution is -2.39. The fourth-order valence-corrected chi connectivity index (χ4v) is 2.57. The first kappa shape index (κ1) is 13.9. The third-order valence-electron chi connectivity index (χ3n) is 3.40. The van der Waals surface area contributed by atoms with Gasteiger partial charge in [0.05, 0.1) is 12.7 Å². The predicted octanol–water partition coefficient (Wildman–Crippen LogP) is 2.37. The predicted molar refractivity (Wildman–Crippen MR) is 64.5 cm³/mol. The maximum atomic E-state index is 10.0. The lowest BCUT2D eigenvalue weighted by molar-refractivity contribution is -0.0854. The normalized spacial score (nSPS) is 21.9. The highest BCUT2D eigenvalue weighted by molar-refractivity contribution is 4.79. The van der Waals surface area contributed by atoms with Crippen LogP contribution in [0.3, 0.4) is 0 Å². The van der Waals surface area contributed by atoms with Crippen LogP contribution in [0.1, 0.15) is 45.4 Å². The van der Waals surface area contributed by atoms with E-state index in [2.05, 4.69) is 6.92 Å². The SMILES string of the molecule is CCCOCC(O)C(OC)C1CCCCC1. The quantitative estimate of drug-likeness (QED) is 0.682. The summed E-state index contributed by atoms with van der Waals surface area (Å²) in [5.41, 5.74) is 0. The van der Waals surface area contributed by atoms with Gasteiger partial charge in [-0.05, 0) is 25.2 Å². The zero-order valence-electron chi connectivity index (χ0n) is 10.7. The van der Waals surface area contributed by atoms with Crippen molar-refractivity contribution in [3.8, 4) is 0 Å². The van der Waals surface area contributed by atoms with E-state index in [0.29, 0.717) is 12.5 Å². The van der Waals surface area contributed by atoms with Crippen LogP contribution in [-0.2, 0) is 9.47 Å². The Bertz CT molecular complexity index is 167. The molecule has 0 amide bonds. The summed E-state index contributed by atoms with van der Waals surface area (Å²) in [6, 6.07) is 0. The number of aliphatic hydroxyl groups excluding tert-OH is 1. The molecule has 2 atom stereocenters. The van der Waals surface area contributed by atoms with Crippen molar-refractivity contribution in [1.82, 2.24) is 0 Å². The summed E-state index contributed by atoms with van der Waals surface area (Å²) in [5.74, 6) is 0.513. The van der Waals surface area contributed by atoms with Crippen LogP contribution in [0, 0.1) is 5.92 Å². The molecule has 96 valence electrons. The highest BCUT2D eigenvalue weighted by Crippen LogP contribution is 2.29. The summed E-state index contributed by atoms with van der Waals surface area (Å²) in [6.07, 6.45) is 6.72. The zero-order chi connectivity index (χ0) is 11.8. The summed E-state index contributed by atoms with van der Waals surface area (Å²) in [4.78, 5) is 0. The van der Waals surface area contributed by atoms with Crippen molar-refractivity contribution in [1.29, 1.82) is 0 Å². The average Bonchev–Trinajstić information content (AvgIpc) is 2.32. The van der Waals surface area contributed by atoms with Crippen LogP contribution in [0.2, 0.25) is 0 Å². The van der Waals surface area contributed by atoms with Gasteiger partial charge in [0.2, 0.25) is 0 Å². The third-order valence-corrected chi connectivity index (χ3v) is 3.40. The number of hydrogen-bond donors (Lipinski definition) is 1. The molecule has 0 heterocycles. The summed E-state index contributed by atoms with van der Waals surface area (Å²) in [5, 5.41) is 10.0. The molecule has 0 bridgehead atoms. The van der Waals surface area contributed by atoms with Gasteiger partial charge in [0.15, 0.2) is 0 Å². The second-order valence-electron chi connectivity index (χ2n) is 4.74. The van der Waals surface area contributed by atoms with Gasteiger partial charge >= 0.3 is 0 Å². The van der Waals surface area contributed by atoms with E-state index in [0.717, 1.165) is 13.0 Å². The summed E-state index contributed by atoms with van der Waals surface area (Å²) in [6.45, 7) is 3.20. The number of aliphatic hydroxyl groups is 1. The molecule has 2 unspecified atom stereocenters. The molecular weight excluding hydrogens is 204 g/mol. The molecule has 1 aliphatic rings. The third kappa shape index (κ3) is 4.40. The van der Waals surface area contributed by atoms with Crippen molar-refractivity contribution in [3.63, 3.8) is 0 Å². The first-order chi connectivity index (χ1) is 7.79. The maximum Gasteiger partial charge on any atom is 0.104 e. The average molecular weight is 230 g/mol. The fourth-order valence-electron chi connectivity index (χ4n) is 2.57. The van der Waals surface area contributed by atoms with E-state index in [-0.39, 0.29) is 6.10 Å². The lowest BCUT2D eigenvalue weighted by atomic mass is 9.83. The standard InChI is InChI=1S/C13H26O3/c1-3-9-16-10-12(14)13(15-2)11-7-5-4-6-8-11/h11-14H,3-10H2,1-2H3. The molecule has 3 nitrogen and oxygen atoms in total. The first-order valence-electron chi connectivity index (χ1n) is 6.58. The zero-order valence-corrected chi connectivity index (χ0v) is 10.7. The Morgan fingerprint density at radius 1 is 1.25 bits per heavy atom. The molecule has 3 heteroatoms. The van der Waals surface area contributed by atoms with Crippen molar-refractivity contribution >= 4 is 0 Å². The van der Waals surface area contributed by atoms with Gasteiger partial charge in [-0.1, -0.05) is 26.2 Å². The number of hydrogen-bond acceptors (Lipinski definition) is 3. The monoisotopic (exact) mass is 230 g/mol. The lowest BCUT2D eigenvalue weighted by Gasteiger charge is -2.32. The van der Waals surface area contributed by atoms with Crippen LogP contribution in [0.4, 0.5) is 0 Å². The molecule has 0 radical (unpaired) electrons. The van der Waals surface area contributed by atoms with E-state index in [1.807, 2.05) is 0 Å². The van der Waals surface area contributed by atoms with Crippen molar-refractivity contribution in [3.05, 3.63) is 0 Å². The molecule has 0 aliphatic heterocycles. The van der Waals surface area contributed by atoms with E-state index < -0.39 is 6.10 Å². The molecule has 0 aromatic rings. The minimum absolute atomic E-state index is 0.0443. The molecule has 0 aromatic carbocycles. The summed E-state index contributed by atoms with van der Waals surface area (Å²) >= 11 is 0. The second-order valence-corrected chi connectivity index (χ2v) is 4.74. The van der Waals surface area contributed by atoms with Crippen LogP contribution in [0.15, 0.2) is 0 Å². The van der Waals surface area contributed by atoms with Crippen molar-refractivity contribution in [2.75, 3.05) is 20.3 Å². The van der Waals surface area contributed by atoms with Gasteiger partial charge in [-0.2, -0.15) is 0 Å². The first-order valence-corrected chi connectivity index (χ1v) is 6.58. The Labute approximate surface area is 99.1 Å². The van der Waals surface area contributed by atoms with E-state index in [4.69, 9.17) is 9.47 Å². The van der Waals surface area contributed by atoms with Crippen molar-refractivity contribution in [2.24, 2.45) is 5.92 Å². The van der Waals surface area contributed by atoms with Gasteiger partial charge in [0, 0.05) is 13.7 Å². The number of rotatable bonds is 7. The molecule has 1 saturated carbocycles. The van der Waals surface area contributed by atoms with Gasteiger partial charge in [-0.25, -0.2) is 0 Å². The van der Waals surface area contributed by atoms with Crippen molar-refractivity contribution in [2.45, 2.75) is 57.7 Å². The molecule has 0 aromatic heterocycles. The van der Waals surface area contributed by atoms with Crippen LogP contribution >= 0.6 is 0 Å². The summed E-state index contributed by atoms with van der Waals surface area (Å²) < 4.78 is 10.8. The minimum Gasteiger partial charge on any atom is -0.388 e. The largest absolute Gasteiger partial charge is 0.388 e. The fraction of sp³-hybridized carbons (Fsp3) is 1.00. The molecule has 0 spiro atoms. The van der Waals surface area contributed by atoms with E-state index >= 15 is 0 Å². The minimum atomic E-state index is -0.473. The van der Waals surface area contributed by atoms with Crippen LogP contribution in [0.5, 0.6) is 0 Å². The van der Waals surface area contributed by atoms with Crippen LogP contribution < -0.4 is 0 Å². The van der Waals surface area contributed by atoms with Gasteiger partial charge in [0.1, 0.15) is 6.10 Å². The highest BCUT2D eigenvalue weighted by atomic mass is 16.5. The molecule has 1 fully saturated rings. The molecule has 1 rings (SSSR count). The number of methoxy groups -OCH3 is 1. The van der Waals surface area contributed by atoms with E-state index in [1.54, 1.807) is 7.11 Å². The second kappa shape index (κ2) is 8.04. The van der Waals surface area contributed by atoms with Crippen molar-refractivity contribution < 1.29 is 14.6 Å². The Kier molecular flexibility index (Phi) is 7.01. The molecule has 16 heavy (non-hydrogen) atoms. The molecular formula is C13H26O3. The Morgan fingerprint density at radius 3 is 2.50 bits per heavy atom. The van der Waals surface area contributed by atoms with Gasteiger partial charge < -0.3 is 14.6 Å². The Hall–Kier alpha value is -0.120. The molecule has 0 saturated heterocycles. The van der Waals surface area contributed by atoms with Crippen LogP contribution in [0.25, 0.3) is 0 Å². The maximum absolute atomic E-state index is 10.0. The molecule has 1 N–H and O–H groups in total. The number of ether oxygens (including phenoxy) is 2. The smallest absolute Gasteiger partial charge is 0.104 e. The summed E-state index contributed by atoms with van der Waals surface area (Å²) in [7, 11) is 1.70. The van der Waals surface area contributed by atoms with E-state index in [9.17, 15) is 5.11 Å². The van der Waals surface area contributed by atoms with Gasteiger partial charge in [-0.15, -0.1) is 0 Å². The topological polar surface area (TPSA) is 38.7 Å². The highest BCUT2D eigenvalue weighted by Gasteiger charge is 2.29.